The molecule has 5 nitrogen and oxygen atoms in total. The smallest absolute Gasteiger partial charge is 0.253 e. The van der Waals surface area contributed by atoms with Gasteiger partial charge in [0, 0.05) is 16.6 Å². The molecule has 0 aliphatic carbocycles. The first-order chi connectivity index (χ1) is 11.3. The molecule has 0 saturated carbocycles. The van der Waals surface area contributed by atoms with E-state index in [4.69, 9.17) is 34.8 Å². The normalized spacial score (nSPS) is 11.7. The van der Waals surface area contributed by atoms with Gasteiger partial charge in [-0.05, 0) is 36.8 Å². The molecule has 1 N–H and O–H groups in total. The fourth-order valence-corrected chi connectivity index (χ4v) is 6.02. The van der Waals surface area contributed by atoms with E-state index in [9.17, 15) is 8.42 Å². The zero-order valence-electron chi connectivity index (χ0n) is 11.9. The van der Waals surface area contributed by atoms with Crippen LogP contribution in [0.5, 0.6) is 0 Å². The number of anilines is 1. The van der Waals surface area contributed by atoms with Crippen molar-refractivity contribution in [1.29, 1.82) is 0 Å². The maximum Gasteiger partial charge on any atom is 0.265 e. The van der Waals surface area contributed by atoms with Gasteiger partial charge in [-0.2, -0.15) is 9.36 Å². The number of nitrogens with zero attached hydrogens (tertiary/aromatic N) is 2. The average Bonchev–Trinajstić information content (AvgIpc) is 3.05. The molecule has 0 aliphatic rings. The van der Waals surface area contributed by atoms with Crippen molar-refractivity contribution in [2.24, 2.45) is 0 Å². The van der Waals surface area contributed by atoms with Gasteiger partial charge >= 0.3 is 0 Å². The Hall–Kier alpha value is -0.900. The Morgan fingerprint density at radius 3 is 2.54 bits per heavy atom. The molecular weight excluding hydrogens is 433 g/mol. The molecule has 1 aromatic carbocycles. The zero-order chi connectivity index (χ0) is 17.5. The van der Waals surface area contributed by atoms with Crippen molar-refractivity contribution in [3.63, 3.8) is 0 Å². The number of thiophene rings is 1. The van der Waals surface area contributed by atoms with Crippen LogP contribution in [0.2, 0.25) is 14.4 Å². The number of hydrogen-bond acceptors (Lipinski definition) is 6. The zero-order valence-corrected chi connectivity index (χ0v) is 16.6. The summed E-state index contributed by atoms with van der Waals surface area (Å²) in [5.41, 5.74) is 0.440. The molecule has 0 aliphatic heterocycles. The third-order valence-electron chi connectivity index (χ3n) is 2.90. The van der Waals surface area contributed by atoms with Crippen molar-refractivity contribution in [2.75, 3.05) is 4.72 Å². The van der Waals surface area contributed by atoms with E-state index < -0.39 is 10.0 Å². The van der Waals surface area contributed by atoms with Crippen molar-refractivity contribution < 1.29 is 8.42 Å². The summed E-state index contributed by atoms with van der Waals surface area (Å²) in [4.78, 5) is 4.90. The van der Waals surface area contributed by atoms with Gasteiger partial charge in [0.1, 0.15) is 4.90 Å². The first-order valence-corrected chi connectivity index (χ1v) is 10.5. The summed E-state index contributed by atoms with van der Waals surface area (Å²) in [6.45, 7) is 1.62. The fraction of sp³-hybridized carbons (Fsp3) is 0.0769. The molecule has 0 radical (unpaired) electrons. The van der Waals surface area contributed by atoms with Crippen LogP contribution in [-0.4, -0.2) is 17.8 Å². The molecule has 0 spiro atoms. The van der Waals surface area contributed by atoms with Crippen LogP contribution in [0.1, 0.15) is 5.56 Å². The van der Waals surface area contributed by atoms with Gasteiger partial charge in [0.05, 0.1) is 14.2 Å². The molecule has 0 amide bonds. The molecule has 0 atom stereocenters. The van der Waals surface area contributed by atoms with Gasteiger partial charge in [-0.15, -0.1) is 11.3 Å². The second-order valence-corrected chi connectivity index (χ2v) is 9.60. The van der Waals surface area contributed by atoms with E-state index in [2.05, 4.69) is 14.1 Å². The number of nitrogens with one attached hydrogen (secondary N) is 1. The van der Waals surface area contributed by atoms with E-state index >= 15 is 0 Å². The van der Waals surface area contributed by atoms with Crippen LogP contribution < -0.4 is 4.72 Å². The summed E-state index contributed by atoms with van der Waals surface area (Å²) in [6.07, 6.45) is 0. The Balaban J connectivity index is 1.92. The van der Waals surface area contributed by atoms with E-state index in [1.807, 2.05) is 0 Å². The summed E-state index contributed by atoms with van der Waals surface area (Å²) in [7, 11) is -3.91. The maximum absolute atomic E-state index is 12.6. The van der Waals surface area contributed by atoms with Crippen molar-refractivity contribution in [3.8, 4) is 10.7 Å². The van der Waals surface area contributed by atoms with E-state index in [1.54, 1.807) is 19.1 Å². The Labute approximate surface area is 161 Å². The topological polar surface area (TPSA) is 72.0 Å². The summed E-state index contributed by atoms with van der Waals surface area (Å²) in [6, 6.07) is 6.40. The third kappa shape index (κ3) is 3.68. The number of halogens is 3. The van der Waals surface area contributed by atoms with Crippen molar-refractivity contribution in [3.05, 3.63) is 44.2 Å². The largest absolute Gasteiger partial charge is 0.265 e. The molecule has 0 unspecified atom stereocenters. The number of aromatic nitrogens is 2. The van der Waals surface area contributed by atoms with Gasteiger partial charge in [-0.25, -0.2) is 8.42 Å². The molecular formula is C13H8Cl3N3O2S3. The molecule has 3 aromatic rings. The second-order valence-electron chi connectivity index (χ2n) is 4.67. The minimum absolute atomic E-state index is 0.0375. The Morgan fingerprint density at radius 1 is 1.17 bits per heavy atom. The Bertz CT molecular complexity index is 991. The lowest BCUT2D eigenvalue weighted by atomic mass is 10.2. The predicted octanol–water partition coefficient (Wildman–Crippen LogP) is 5.34. The lowest BCUT2D eigenvalue weighted by molar-refractivity contribution is 0.600. The van der Waals surface area contributed by atoms with Crippen LogP contribution in [0.25, 0.3) is 10.7 Å². The van der Waals surface area contributed by atoms with Gasteiger partial charge in [0.2, 0.25) is 5.13 Å². The van der Waals surface area contributed by atoms with E-state index in [0.717, 1.165) is 16.4 Å². The highest BCUT2D eigenvalue weighted by Gasteiger charge is 2.23. The van der Waals surface area contributed by atoms with Crippen molar-refractivity contribution in [1.82, 2.24) is 9.36 Å². The number of aryl methyl sites for hydroxylation is 1. The van der Waals surface area contributed by atoms with Crippen LogP contribution in [0.15, 0.2) is 29.2 Å². The minimum Gasteiger partial charge on any atom is -0.253 e. The van der Waals surface area contributed by atoms with Crippen LogP contribution >= 0.6 is 57.7 Å². The van der Waals surface area contributed by atoms with Crippen LogP contribution in [0, 0.1) is 6.92 Å². The summed E-state index contributed by atoms with van der Waals surface area (Å²) < 4.78 is 32.3. The van der Waals surface area contributed by atoms with Gasteiger partial charge < -0.3 is 0 Å². The molecule has 2 aromatic heterocycles. The highest BCUT2D eigenvalue weighted by molar-refractivity contribution is 7.93. The van der Waals surface area contributed by atoms with E-state index in [1.165, 1.54) is 23.5 Å². The van der Waals surface area contributed by atoms with Gasteiger partial charge in [-0.3, -0.25) is 4.72 Å². The molecule has 2 heterocycles. The summed E-state index contributed by atoms with van der Waals surface area (Å²) in [5.74, 6) is 0.411. The number of hydrogen-bond donors (Lipinski definition) is 1. The molecule has 0 bridgehead atoms. The van der Waals surface area contributed by atoms with Crippen LogP contribution in [0.3, 0.4) is 0 Å². The quantitative estimate of drug-likeness (QED) is 0.594. The van der Waals surface area contributed by atoms with Crippen LogP contribution in [0.4, 0.5) is 5.13 Å². The standard InChI is InChI=1S/C13H8Cl3N3O2S3/c1-6-4-7(14)5-8(15)11(6)24(20,21)19-13-17-12(18-23-13)9-2-3-10(16)22-9/h2-5H,1H3,(H,17,18,19). The highest BCUT2D eigenvalue weighted by Crippen LogP contribution is 2.33. The molecule has 0 saturated heterocycles. The predicted molar refractivity (Wildman–Crippen MR) is 100 cm³/mol. The molecule has 3 rings (SSSR count). The van der Waals surface area contributed by atoms with E-state index in [-0.39, 0.29) is 15.0 Å². The second kappa shape index (κ2) is 6.78. The number of sulfonamides is 1. The lowest BCUT2D eigenvalue weighted by Crippen LogP contribution is -2.14. The third-order valence-corrected chi connectivity index (χ3v) is 7.06. The van der Waals surface area contributed by atoms with E-state index in [0.29, 0.717) is 20.7 Å². The summed E-state index contributed by atoms with van der Waals surface area (Å²) >= 11 is 20.0. The van der Waals surface area contributed by atoms with Crippen molar-refractivity contribution >= 4 is 72.8 Å². The summed E-state index contributed by atoms with van der Waals surface area (Å²) in [5, 5.41) is 0.548. The van der Waals surface area contributed by atoms with Crippen molar-refractivity contribution in [2.45, 2.75) is 11.8 Å². The van der Waals surface area contributed by atoms with Crippen LogP contribution in [-0.2, 0) is 10.0 Å². The monoisotopic (exact) mass is 439 g/mol. The molecule has 24 heavy (non-hydrogen) atoms. The van der Waals surface area contributed by atoms with Gasteiger partial charge in [-0.1, -0.05) is 34.8 Å². The average molecular weight is 441 g/mol. The minimum atomic E-state index is -3.91. The van der Waals surface area contributed by atoms with Gasteiger partial charge in [0.15, 0.2) is 5.82 Å². The first kappa shape index (κ1) is 17.9. The molecule has 126 valence electrons. The Morgan fingerprint density at radius 2 is 1.92 bits per heavy atom. The first-order valence-electron chi connectivity index (χ1n) is 6.34. The Kier molecular flexibility index (Phi) is 5.06. The number of benzene rings is 1. The molecule has 0 fully saturated rings. The van der Waals surface area contributed by atoms with Gasteiger partial charge in [0.25, 0.3) is 10.0 Å². The number of rotatable bonds is 4. The SMILES string of the molecule is Cc1cc(Cl)cc(Cl)c1S(=O)(=O)Nc1nc(-c2ccc(Cl)s2)ns1. The highest BCUT2D eigenvalue weighted by atomic mass is 35.5. The maximum atomic E-state index is 12.6. The molecule has 11 heteroatoms. The lowest BCUT2D eigenvalue weighted by Gasteiger charge is -2.10. The fourth-order valence-electron chi connectivity index (χ4n) is 1.99.